The minimum absolute atomic E-state index is 0.131. The molecule has 0 amide bonds. The first kappa shape index (κ1) is 15.0. The van der Waals surface area contributed by atoms with Crippen LogP contribution in [0.25, 0.3) is 0 Å². The van der Waals surface area contributed by atoms with Crippen molar-refractivity contribution < 1.29 is 13.9 Å². The van der Waals surface area contributed by atoms with Gasteiger partial charge in [0.25, 0.3) is 0 Å². The minimum atomic E-state index is -0.796. The number of benzene rings is 2. The van der Waals surface area contributed by atoms with Crippen molar-refractivity contribution in [3.63, 3.8) is 0 Å². The summed E-state index contributed by atoms with van der Waals surface area (Å²) in [6, 6.07) is 11.0. The molecule has 1 unspecified atom stereocenters. The summed E-state index contributed by atoms with van der Waals surface area (Å²) in [5.41, 5.74) is 1.04. The third-order valence-electron chi connectivity index (χ3n) is 3.00. The van der Waals surface area contributed by atoms with E-state index in [-0.39, 0.29) is 6.42 Å². The van der Waals surface area contributed by atoms with E-state index in [9.17, 15) is 13.9 Å². The molecular formula is C16H16F2OS. The van der Waals surface area contributed by atoms with E-state index in [1.165, 1.54) is 12.1 Å². The van der Waals surface area contributed by atoms with Crippen LogP contribution in [0.15, 0.2) is 47.4 Å². The minimum Gasteiger partial charge on any atom is -0.388 e. The van der Waals surface area contributed by atoms with Crippen LogP contribution in [-0.2, 0) is 6.42 Å². The van der Waals surface area contributed by atoms with E-state index in [1.807, 2.05) is 24.3 Å². The van der Waals surface area contributed by atoms with Gasteiger partial charge in [0.1, 0.15) is 11.6 Å². The molecule has 1 nitrogen and oxygen atoms in total. The molecule has 2 aromatic rings. The van der Waals surface area contributed by atoms with Crippen molar-refractivity contribution in [2.24, 2.45) is 0 Å². The average Bonchev–Trinajstić information content (AvgIpc) is 2.43. The van der Waals surface area contributed by atoms with Gasteiger partial charge in [0, 0.05) is 17.4 Å². The Labute approximate surface area is 121 Å². The van der Waals surface area contributed by atoms with Crippen LogP contribution < -0.4 is 0 Å². The number of rotatable bonds is 5. The lowest BCUT2D eigenvalue weighted by Gasteiger charge is -2.12. The van der Waals surface area contributed by atoms with Gasteiger partial charge in [-0.25, -0.2) is 8.78 Å². The quantitative estimate of drug-likeness (QED) is 0.827. The van der Waals surface area contributed by atoms with E-state index in [0.29, 0.717) is 5.56 Å². The Morgan fingerprint density at radius 3 is 2.40 bits per heavy atom. The Hall–Kier alpha value is -1.39. The van der Waals surface area contributed by atoms with Crippen LogP contribution in [0.3, 0.4) is 0 Å². The van der Waals surface area contributed by atoms with Crippen molar-refractivity contribution in [2.45, 2.75) is 24.3 Å². The molecule has 0 aliphatic heterocycles. The number of halogens is 2. The highest BCUT2D eigenvalue weighted by Gasteiger charge is 2.12. The molecule has 0 heterocycles. The standard InChI is InChI=1S/C16H16F2OS/c1-2-20-14-7-4-11(5-8-14)16(19)9-12-3-6-13(17)10-15(12)18/h3-8,10,16,19H,2,9H2,1H3. The van der Waals surface area contributed by atoms with Gasteiger partial charge in [0.15, 0.2) is 0 Å². The van der Waals surface area contributed by atoms with Crippen molar-refractivity contribution in [2.75, 3.05) is 5.75 Å². The fourth-order valence-corrected chi connectivity index (χ4v) is 2.63. The molecule has 0 aromatic heterocycles. The average molecular weight is 294 g/mol. The van der Waals surface area contributed by atoms with Gasteiger partial charge in [0.2, 0.25) is 0 Å². The summed E-state index contributed by atoms with van der Waals surface area (Å²) in [6.07, 6.45) is -0.664. The van der Waals surface area contributed by atoms with E-state index in [1.54, 1.807) is 11.8 Å². The highest BCUT2D eigenvalue weighted by atomic mass is 32.2. The zero-order valence-corrected chi connectivity index (χ0v) is 12.0. The fourth-order valence-electron chi connectivity index (χ4n) is 1.97. The Kier molecular flexibility index (Phi) is 5.15. The molecule has 0 spiro atoms. The predicted octanol–water partition coefficient (Wildman–Crippen LogP) is 4.35. The summed E-state index contributed by atoms with van der Waals surface area (Å²) >= 11 is 1.72. The molecule has 2 rings (SSSR count). The first-order chi connectivity index (χ1) is 9.60. The highest BCUT2D eigenvalue weighted by Crippen LogP contribution is 2.24. The summed E-state index contributed by atoms with van der Waals surface area (Å²) in [7, 11) is 0. The summed E-state index contributed by atoms with van der Waals surface area (Å²) < 4.78 is 26.4. The first-order valence-electron chi connectivity index (χ1n) is 6.45. The second-order valence-electron chi connectivity index (χ2n) is 4.46. The van der Waals surface area contributed by atoms with E-state index >= 15 is 0 Å². The SMILES string of the molecule is CCSc1ccc(C(O)Cc2ccc(F)cc2F)cc1. The Morgan fingerprint density at radius 1 is 1.10 bits per heavy atom. The monoisotopic (exact) mass is 294 g/mol. The number of aliphatic hydroxyl groups excluding tert-OH is 1. The lowest BCUT2D eigenvalue weighted by molar-refractivity contribution is 0.177. The molecule has 0 fully saturated rings. The van der Waals surface area contributed by atoms with Crippen LogP contribution in [-0.4, -0.2) is 10.9 Å². The van der Waals surface area contributed by atoms with Gasteiger partial charge in [-0.15, -0.1) is 11.8 Å². The summed E-state index contributed by atoms with van der Waals surface area (Å²) in [5.74, 6) is -0.244. The van der Waals surface area contributed by atoms with E-state index in [4.69, 9.17) is 0 Å². The molecule has 20 heavy (non-hydrogen) atoms. The Morgan fingerprint density at radius 2 is 1.80 bits per heavy atom. The van der Waals surface area contributed by atoms with Crippen LogP contribution >= 0.6 is 11.8 Å². The van der Waals surface area contributed by atoms with Crippen molar-refractivity contribution in [3.8, 4) is 0 Å². The van der Waals surface area contributed by atoms with E-state index in [2.05, 4.69) is 6.92 Å². The summed E-state index contributed by atoms with van der Waals surface area (Å²) in [4.78, 5) is 1.14. The van der Waals surface area contributed by atoms with Gasteiger partial charge in [-0.2, -0.15) is 0 Å². The molecule has 4 heteroatoms. The smallest absolute Gasteiger partial charge is 0.129 e. The summed E-state index contributed by atoms with van der Waals surface area (Å²) in [6.45, 7) is 2.07. The van der Waals surface area contributed by atoms with Crippen LogP contribution in [0.2, 0.25) is 0 Å². The van der Waals surface area contributed by atoms with Gasteiger partial charge < -0.3 is 5.11 Å². The number of hydrogen-bond acceptors (Lipinski definition) is 2. The number of hydrogen-bond donors (Lipinski definition) is 1. The summed E-state index contributed by atoms with van der Waals surface area (Å²) in [5, 5.41) is 10.1. The second-order valence-corrected chi connectivity index (χ2v) is 5.80. The van der Waals surface area contributed by atoms with Crippen molar-refractivity contribution >= 4 is 11.8 Å². The molecule has 0 saturated carbocycles. The maximum absolute atomic E-state index is 13.5. The molecule has 0 aliphatic rings. The lowest BCUT2D eigenvalue weighted by atomic mass is 10.0. The molecule has 2 aromatic carbocycles. The van der Waals surface area contributed by atoms with Gasteiger partial charge in [0.05, 0.1) is 6.10 Å². The van der Waals surface area contributed by atoms with Gasteiger partial charge >= 0.3 is 0 Å². The van der Waals surface area contributed by atoms with Gasteiger partial charge in [-0.1, -0.05) is 25.1 Å². The van der Waals surface area contributed by atoms with Gasteiger partial charge in [-0.05, 0) is 35.1 Å². The van der Waals surface area contributed by atoms with Crippen LogP contribution in [0.1, 0.15) is 24.2 Å². The lowest BCUT2D eigenvalue weighted by Crippen LogP contribution is -2.03. The van der Waals surface area contributed by atoms with Crippen LogP contribution in [0.5, 0.6) is 0 Å². The van der Waals surface area contributed by atoms with Crippen LogP contribution in [0.4, 0.5) is 8.78 Å². The molecular weight excluding hydrogens is 278 g/mol. The zero-order valence-electron chi connectivity index (χ0n) is 11.1. The fraction of sp³-hybridized carbons (Fsp3) is 0.250. The molecule has 1 atom stereocenters. The molecule has 0 bridgehead atoms. The largest absolute Gasteiger partial charge is 0.388 e. The van der Waals surface area contributed by atoms with Crippen LogP contribution in [0, 0.1) is 11.6 Å². The molecule has 1 N–H and O–H groups in total. The molecule has 0 radical (unpaired) electrons. The Balaban J connectivity index is 2.09. The molecule has 106 valence electrons. The highest BCUT2D eigenvalue weighted by molar-refractivity contribution is 7.99. The zero-order chi connectivity index (χ0) is 14.5. The third kappa shape index (κ3) is 3.81. The van der Waals surface area contributed by atoms with Crippen molar-refractivity contribution in [3.05, 3.63) is 65.2 Å². The maximum atomic E-state index is 13.5. The Bertz CT molecular complexity index is 569. The second kappa shape index (κ2) is 6.86. The van der Waals surface area contributed by atoms with E-state index < -0.39 is 17.7 Å². The number of thioether (sulfide) groups is 1. The van der Waals surface area contributed by atoms with Crippen molar-refractivity contribution in [1.29, 1.82) is 0 Å². The predicted molar refractivity (Wildman–Crippen MR) is 77.9 cm³/mol. The maximum Gasteiger partial charge on any atom is 0.129 e. The first-order valence-corrected chi connectivity index (χ1v) is 7.43. The molecule has 0 saturated heterocycles. The van der Waals surface area contributed by atoms with Crippen molar-refractivity contribution in [1.82, 2.24) is 0 Å². The van der Waals surface area contributed by atoms with E-state index in [0.717, 1.165) is 22.3 Å². The van der Waals surface area contributed by atoms with Gasteiger partial charge in [-0.3, -0.25) is 0 Å². The normalized spacial score (nSPS) is 12.4. The number of aliphatic hydroxyl groups is 1. The third-order valence-corrected chi connectivity index (χ3v) is 3.90. The topological polar surface area (TPSA) is 20.2 Å². The molecule has 0 aliphatic carbocycles.